The van der Waals surface area contributed by atoms with Gasteiger partial charge in [0.1, 0.15) is 5.76 Å². The molecule has 17 heavy (non-hydrogen) atoms. The molecule has 0 bridgehead atoms. The SMILES string of the molecule is CC1CNCCN1C(=O)c1cc(C2CC2)on1. The minimum absolute atomic E-state index is 0.00495. The number of rotatable bonds is 2. The summed E-state index contributed by atoms with van der Waals surface area (Å²) in [6.07, 6.45) is 2.32. The second kappa shape index (κ2) is 4.14. The Morgan fingerprint density at radius 2 is 2.41 bits per heavy atom. The monoisotopic (exact) mass is 235 g/mol. The van der Waals surface area contributed by atoms with E-state index in [4.69, 9.17) is 4.52 Å². The van der Waals surface area contributed by atoms with E-state index >= 15 is 0 Å². The second-order valence-corrected chi connectivity index (χ2v) is 4.94. The summed E-state index contributed by atoms with van der Waals surface area (Å²) in [5, 5.41) is 7.17. The van der Waals surface area contributed by atoms with Gasteiger partial charge in [0.25, 0.3) is 5.91 Å². The highest BCUT2D eigenvalue weighted by molar-refractivity contribution is 5.92. The number of carbonyl (C=O) groups is 1. The lowest BCUT2D eigenvalue weighted by Gasteiger charge is -2.33. The van der Waals surface area contributed by atoms with E-state index in [0.29, 0.717) is 11.6 Å². The Balaban J connectivity index is 1.75. The molecule has 1 aliphatic carbocycles. The van der Waals surface area contributed by atoms with Crippen LogP contribution < -0.4 is 5.32 Å². The molecular weight excluding hydrogens is 218 g/mol. The number of hydrogen-bond donors (Lipinski definition) is 1. The molecule has 1 aromatic heterocycles. The van der Waals surface area contributed by atoms with Gasteiger partial charge in [-0.05, 0) is 19.8 Å². The Morgan fingerprint density at radius 3 is 3.12 bits per heavy atom. The first kappa shape index (κ1) is 10.8. The van der Waals surface area contributed by atoms with Crippen molar-refractivity contribution in [1.29, 1.82) is 0 Å². The van der Waals surface area contributed by atoms with E-state index in [1.54, 1.807) is 0 Å². The van der Waals surface area contributed by atoms with Gasteiger partial charge in [0.2, 0.25) is 0 Å². The third-order valence-electron chi connectivity index (χ3n) is 3.49. The molecule has 2 fully saturated rings. The van der Waals surface area contributed by atoms with Crippen LogP contribution in [-0.2, 0) is 0 Å². The number of piperazine rings is 1. The highest BCUT2D eigenvalue weighted by Gasteiger charge is 2.31. The van der Waals surface area contributed by atoms with Crippen LogP contribution in [0.5, 0.6) is 0 Å². The van der Waals surface area contributed by atoms with E-state index in [9.17, 15) is 4.79 Å². The Morgan fingerprint density at radius 1 is 1.59 bits per heavy atom. The lowest BCUT2D eigenvalue weighted by molar-refractivity contribution is 0.0645. The summed E-state index contributed by atoms with van der Waals surface area (Å²) in [5.41, 5.74) is 0.459. The Bertz CT molecular complexity index is 425. The van der Waals surface area contributed by atoms with Crippen molar-refractivity contribution < 1.29 is 9.32 Å². The van der Waals surface area contributed by atoms with Crippen molar-refractivity contribution in [3.8, 4) is 0 Å². The Labute approximate surface area is 100 Å². The molecular formula is C12H17N3O2. The van der Waals surface area contributed by atoms with E-state index < -0.39 is 0 Å². The maximum Gasteiger partial charge on any atom is 0.276 e. The fourth-order valence-electron chi connectivity index (χ4n) is 2.24. The van der Waals surface area contributed by atoms with Gasteiger partial charge in [-0.25, -0.2) is 0 Å². The molecule has 1 unspecified atom stereocenters. The van der Waals surface area contributed by atoms with Crippen molar-refractivity contribution in [2.45, 2.75) is 31.7 Å². The Hall–Kier alpha value is -1.36. The molecule has 0 radical (unpaired) electrons. The quantitative estimate of drug-likeness (QED) is 0.830. The first-order chi connectivity index (χ1) is 8.25. The summed E-state index contributed by atoms with van der Waals surface area (Å²) < 4.78 is 5.22. The molecule has 1 N–H and O–H groups in total. The molecule has 1 saturated heterocycles. The lowest BCUT2D eigenvalue weighted by atomic mass is 10.2. The summed E-state index contributed by atoms with van der Waals surface area (Å²) in [4.78, 5) is 14.1. The average molecular weight is 235 g/mol. The van der Waals surface area contributed by atoms with Crippen molar-refractivity contribution >= 4 is 5.91 Å². The van der Waals surface area contributed by atoms with Gasteiger partial charge < -0.3 is 14.7 Å². The number of nitrogens with one attached hydrogen (secondary N) is 1. The molecule has 2 heterocycles. The highest BCUT2D eigenvalue weighted by Crippen LogP contribution is 2.40. The van der Waals surface area contributed by atoms with Crippen molar-refractivity contribution in [2.75, 3.05) is 19.6 Å². The van der Waals surface area contributed by atoms with Crippen LogP contribution in [0, 0.1) is 0 Å². The molecule has 2 aliphatic rings. The minimum atomic E-state index is -0.00495. The van der Waals surface area contributed by atoms with Crippen molar-refractivity contribution in [3.63, 3.8) is 0 Å². The molecule has 3 rings (SSSR count). The molecule has 1 saturated carbocycles. The lowest BCUT2D eigenvalue weighted by Crippen LogP contribution is -2.52. The first-order valence-electron chi connectivity index (χ1n) is 6.24. The first-order valence-corrected chi connectivity index (χ1v) is 6.24. The maximum atomic E-state index is 12.2. The van der Waals surface area contributed by atoms with E-state index in [0.717, 1.165) is 38.2 Å². The molecule has 5 heteroatoms. The highest BCUT2D eigenvalue weighted by atomic mass is 16.5. The average Bonchev–Trinajstić information content (AvgIpc) is 3.07. The van der Waals surface area contributed by atoms with Gasteiger partial charge in [0.05, 0.1) is 0 Å². The zero-order chi connectivity index (χ0) is 11.8. The summed E-state index contributed by atoms with van der Waals surface area (Å²) in [7, 11) is 0. The number of amides is 1. The minimum Gasteiger partial charge on any atom is -0.360 e. The standard InChI is InChI=1S/C12H17N3O2/c1-8-7-13-4-5-15(8)12(16)10-6-11(17-14-10)9-2-3-9/h6,8-9,13H,2-5,7H2,1H3. The van der Waals surface area contributed by atoms with Crippen LogP contribution in [0.3, 0.4) is 0 Å². The van der Waals surface area contributed by atoms with Gasteiger partial charge in [-0.15, -0.1) is 0 Å². The molecule has 1 aliphatic heterocycles. The normalized spacial score (nSPS) is 25.0. The van der Waals surface area contributed by atoms with Crippen LogP contribution in [0.4, 0.5) is 0 Å². The number of nitrogens with zero attached hydrogens (tertiary/aromatic N) is 2. The van der Waals surface area contributed by atoms with Crippen molar-refractivity contribution in [2.24, 2.45) is 0 Å². The summed E-state index contributed by atoms with van der Waals surface area (Å²) in [5.74, 6) is 1.37. The summed E-state index contributed by atoms with van der Waals surface area (Å²) in [6.45, 7) is 4.49. The zero-order valence-corrected chi connectivity index (χ0v) is 9.98. The van der Waals surface area contributed by atoms with Crippen LogP contribution in [0.15, 0.2) is 10.6 Å². The number of aromatic nitrogens is 1. The zero-order valence-electron chi connectivity index (χ0n) is 9.98. The van der Waals surface area contributed by atoms with Crippen LogP contribution >= 0.6 is 0 Å². The predicted octanol–water partition coefficient (Wildman–Crippen LogP) is 0.986. The molecule has 0 spiro atoms. The molecule has 1 aromatic rings. The van der Waals surface area contributed by atoms with Crippen LogP contribution in [0.2, 0.25) is 0 Å². The molecule has 1 amide bonds. The predicted molar refractivity (Wildman–Crippen MR) is 61.8 cm³/mol. The number of carbonyl (C=O) groups excluding carboxylic acids is 1. The topological polar surface area (TPSA) is 58.4 Å². The largest absolute Gasteiger partial charge is 0.360 e. The molecule has 1 atom stereocenters. The van der Waals surface area contributed by atoms with E-state index in [-0.39, 0.29) is 11.9 Å². The Kier molecular flexibility index (Phi) is 2.63. The van der Waals surface area contributed by atoms with Crippen LogP contribution in [-0.4, -0.2) is 41.6 Å². The number of hydrogen-bond acceptors (Lipinski definition) is 4. The van der Waals surface area contributed by atoms with E-state index in [1.807, 2.05) is 17.9 Å². The fraction of sp³-hybridized carbons (Fsp3) is 0.667. The maximum absolute atomic E-state index is 12.2. The fourth-order valence-corrected chi connectivity index (χ4v) is 2.24. The van der Waals surface area contributed by atoms with Gasteiger partial charge in [-0.1, -0.05) is 5.16 Å². The van der Waals surface area contributed by atoms with Gasteiger partial charge in [-0.2, -0.15) is 0 Å². The molecule has 5 nitrogen and oxygen atoms in total. The van der Waals surface area contributed by atoms with E-state index in [2.05, 4.69) is 10.5 Å². The van der Waals surface area contributed by atoms with Crippen molar-refractivity contribution in [3.05, 3.63) is 17.5 Å². The second-order valence-electron chi connectivity index (χ2n) is 4.94. The third kappa shape index (κ3) is 2.07. The van der Waals surface area contributed by atoms with Gasteiger partial charge in [0, 0.05) is 37.7 Å². The molecule has 92 valence electrons. The van der Waals surface area contributed by atoms with Crippen molar-refractivity contribution in [1.82, 2.24) is 15.4 Å². The third-order valence-corrected chi connectivity index (χ3v) is 3.49. The van der Waals surface area contributed by atoms with Gasteiger partial charge >= 0.3 is 0 Å². The van der Waals surface area contributed by atoms with Crippen LogP contribution in [0.25, 0.3) is 0 Å². The van der Waals surface area contributed by atoms with Gasteiger partial charge in [-0.3, -0.25) is 4.79 Å². The van der Waals surface area contributed by atoms with Crippen LogP contribution in [0.1, 0.15) is 41.9 Å². The summed E-state index contributed by atoms with van der Waals surface area (Å²) >= 11 is 0. The van der Waals surface area contributed by atoms with Gasteiger partial charge in [0.15, 0.2) is 5.69 Å². The van der Waals surface area contributed by atoms with E-state index in [1.165, 1.54) is 0 Å². The molecule has 0 aromatic carbocycles. The smallest absolute Gasteiger partial charge is 0.276 e. The summed E-state index contributed by atoms with van der Waals surface area (Å²) in [6, 6.07) is 2.03.